The minimum Gasteiger partial charge on any atom is -0.392 e. The van der Waals surface area contributed by atoms with Gasteiger partial charge in [-0.15, -0.1) is 0 Å². The molecule has 0 saturated heterocycles. The van der Waals surface area contributed by atoms with Crippen LogP contribution in [0.15, 0.2) is 53.4 Å². The number of aliphatic hydroxyl groups excluding tert-OH is 1. The minimum atomic E-state index is -3.59. The van der Waals surface area contributed by atoms with Crippen molar-refractivity contribution in [3.8, 4) is 0 Å². The molecule has 5 heteroatoms. The highest BCUT2D eigenvalue weighted by Crippen LogP contribution is 2.20. The van der Waals surface area contributed by atoms with E-state index in [1.165, 1.54) is 0 Å². The van der Waals surface area contributed by atoms with E-state index in [1.807, 2.05) is 12.1 Å². The minimum absolute atomic E-state index is 0.0658. The standard InChI is InChI=1S/C16H19NO3S/c1-12(2)14-5-9-16(10-6-14)21(19,20)17-15-7-3-13(11-18)4-8-15/h3-10,12,17-18H,11H2,1-2H3. The van der Waals surface area contributed by atoms with Crippen molar-refractivity contribution >= 4 is 15.7 Å². The largest absolute Gasteiger partial charge is 0.392 e. The Hall–Kier alpha value is -1.85. The van der Waals surface area contributed by atoms with E-state index in [-0.39, 0.29) is 11.5 Å². The lowest BCUT2D eigenvalue weighted by atomic mass is 10.0. The van der Waals surface area contributed by atoms with Crippen LogP contribution >= 0.6 is 0 Å². The number of aliphatic hydroxyl groups is 1. The molecule has 0 radical (unpaired) electrons. The molecule has 0 fully saturated rings. The summed E-state index contributed by atoms with van der Waals surface area (Å²) in [4.78, 5) is 0.234. The van der Waals surface area contributed by atoms with Crippen LogP contribution in [0.3, 0.4) is 0 Å². The molecule has 0 aliphatic rings. The first kappa shape index (κ1) is 15.5. The Balaban J connectivity index is 2.20. The average molecular weight is 305 g/mol. The van der Waals surface area contributed by atoms with E-state index in [0.717, 1.165) is 11.1 Å². The lowest BCUT2D eigenvalue weighted by Crippen LogP contribution is -2.13. The highest BCUT2D eigenvalue weighted by molar-refractivity contribution is 7.92. The smallest absolute Gasteiger partial charge is 0.261 e. The van der Waals surface area contributed by atoms with Gasteiger partial charge in [-0.3, -0.25) is 4.72 Å². The summed E-state index contributed by atoms with van der Waals surface area (Å²) in [6, 6.07) is 13.5. The zero-order valence-corrected chi connectivity index (χ0v) is 12.9. The molecular weight excluding hydrogens is 286 g/mol. The summed E-state index contributed by atoms with van der Waals surface area (Å²) in [5.74, 6) is 0.362. The van der Waals surface area contributed by atoms with Gasteiger partial charge in [-0.05, 0) is 41.3 Å². The highest BCUT2D eigenvalue weighted by Gasteiger charge is 2.14. The highest BCUT2D eigenvalue weighted by atomic mass is 32.2. The number of nitrogens with one attached hydrogen (secondary N) is 1. The van der Waals surface area contributed by atoms with E-state index < -0.39 is 10.0 Å². The van der Waals surface area contributed by atoms with E-state index in [9.17, 15) is 8.42 Å². The topological polar surface area (TPSA) is 66.4 Å². The Bertz CT molecular complexity index is 689. The van der Waals surface area contributed by atoms with Crippen molar-refractivity contribution in [2.24, 2.45) is 0 Å². The molecule has 0 aliphatic carbocycles. The van der Waals surface area contributed by atoms with Crippen molar-refractivity contribution in [2.45, 2.75) is 31.3 Å². The van der Waals surface area contributed by atoms with Gasteiger partial charge in [0.1, 0.15) is 0 Å². The van der Waals surface area contributed by atoms with E-state index >= 15 is 0 Å². The lowest BCUT2D eigenvalue weighted by molar-refractivity contribution is 0.282. The van der Waals surface area contributed by atoms with Gasteiger partial charge in [0.05, 0.1) is 11.5 Å². The third kappa shape index (κ3) is 3.83. The van der Waals surface area contributed by atoms with Crippen LogP contribution in [0.5, 0.6) is 0 Å². The predicted molar refractivity (Wildman–Crippen MR) is 83.7 cm³/mol. The van der Waals surface area contributed by atoms with Crippen LogP contribution in [-0.4, -0.2) is 13.5 Å². The summed E-state index contributed by atoms with van der Waals surface area (Å²) < 4.78 is 27.1. The van der Waals surface area contributed by atoms with Crippen molar-refractivity contribution in [3.63, 3.8) is 0 Å². The summed E-state index contributed by atoms with van der Waals surface area (Å²) in [7, 11) is -3.59. The van der Waals surface area contributed by atoms with Crippen molar-refractivity contribution in [1.29, 1.82) is 0 Å². The molecule has 2 rings (SSSR count). The van der Waals surface area contributed by atoms with Gasteiger partial charge in [-0.25, -0.2) is 8.42 Å². The first-order chi connectivity index (χ1) is 9.92. The van der Waals surface area contributed by atoms with Crippen LogP contribution in [0.2, 0.25) is 0 Å². The molecule has 0 heterocycles. The molecule has 21 heavy (non-hydrogen) atoms. The van der Waals surface area contributed by atoms with Crippen molar-refractivity contribution in [3.05, 3.63) is 59.7 Å². The monoisotopic (exact) mass is 305 g/mol. The molecule has 4 nitrogen and oxygen atoms in total. The quantitative estimate of drug-likeness (QED) is 0.892. The zero-order chi connectivity index (χ0) is 15.5. The van der Waals surface area contributed by atoms with Gasteiger partial charge in [0.15, 0.2) is 0 Å². The van der Waals surface area contributed by atoms with Crippen molar-refractivity contribution in [2.75, 3.05) is 4.72 Å². The summed E-state index contributed by atoms with van der Waals surface area (Å²) in [6.07, 6.45) is 0. The van der Waals surface area contributed by atoms with Gasteiger partial charge in [-0.2, -0.15) is 0 Å². The Morgan fingerprint density at radius 1 is 1.00 bits per heavy atom. The number of hydrogen-bond donors (Lipinski definition) is 2. The Morgan fingerprint density at radius 3 is 2.05 bits per heavy atom. The van der Waals surface area contributed by atoms with E-state index in [0.29, 0.717) is 11.6 Å². The van der Waals surface area contributed by atoms with E-state index in [1.54, 1.807) is 36.4 Å². The lowest BCUT2D eigenvalue weighted by Gasteiger charge is -2.10. The molecule has 2 aromatic rings. The number of anilines is 1. The summed E-state index contributed by atoms with van der Waals surface area (Å²) in [6.45, 7) is 4.05. The molecule has 0 aliphatic heterocycles. The molecule has 0 amide bonds. The number of benzene rings is 2. The van der Waals surface area contributed by atoms with Gasteiger partial charge in [-0.1, -0.05) is 38.1 Å². The molecule has 0 unspecified atom stereocenters. The number of rotatable bonds is 5. The molecule has 0 aromatic heterocycles. The maximum atomic E-state index is 12.3. The molecule has 0 atom stereocenters. The second kappa shape index (κ2) is 6.28. The average Bonchev–Trinajstić information content (AvgIpc) is 2.48. The molecule has 0 saturated carbocycles. The number of sulfonamides is 1. The van der Waals surface area contributed by atoms with Crippen molar-refractivity contribution in [1.82, 2.24) is 0 Å². The van der Waals surface area contributed by atoms with Gasteiger partial charge >= 0.3 is 0 Å². The van der Waals surface area contributed by atoms with Crippen LogP contribution in [0.4, 0.5) is 5.69 Å². The Kier molecular flexibility index (Phi) is 4.65. The third-order valence-electron chi connectivity index (χ3n) is 3.25. The fourth-order valence-electron chi connectivity index (χ4n) is 1.92. The second-order valence-electron chi connectivity index (χ2n) is 5.18. The zero-order valence-electron chi connectivity index (χ0n) is 12.1. The summed E-state index contributed by atoms with van der Waals surface area (Å²) in [5, 5.41) is 8.97. The maximum Gasteiger partial charge on any atom is 0.261 e. The summed E-state index contributed by atoms with van der Waals surface area (Å²) in [5.41, 5.74) is 2.31. The van der Waals surface area contributed by atoms with E-state index in [2.05, 4.69) is 18.6 Å². The Morgan fingerprint density at radius 2 is 1.57 bits per heavy atom. The molecular formula is C16H19NO3S. The molecule has 2 N–H and O–H groups in total. The van der Waals surface area contributed by atoms with Gasteiger partial charge in [0.2, 0.25) is 0 Å². The first-order valence-corrected chi connectivity index (χ1v) is 8.23. The van der Waals surface area contributed by atoms with Crippen LogP contribution in [0, 0.1) is 0 Å². The van der Waals surface area contributed by atoms with Crippen molar-refractivity contribution < 1.29 is 13.5 Å². The third-order valence-corrected chi connectivity index (χ3v) is 4.64. The van der Waals surface area contributed by atoms with Crippen LogP contribution in [0.1, 0.15) is 30.9 Å². The molecule has 0 spiro atoms. The van der Waals surface area contributed by atoms with Crippen LogP contribution in [0.25, 0.3) is 0 Å². The van der Waals surface area contributed by atoms with Crippen LogP contribution < -0.4 is 4.72 Å². The van der Waals surface area contributed by atoms with Gasteiger partial charge in [0, 0.05) is 5.69 Å². The molecule has 0 bridgehead atoms. The Labute approximate surface area is 125 Å². The first-order valence-electron chi connectivity index (χ1n) is 6.75. The fourth-order valence-corrected chi connectivity index (χ4v) is 2.98. The SMILES string of the molecule is CC(C)c1ccc(S(=O)(=O)Nc2ccc(CO)cc2)cc1. The number of hydrogen-bond acceptors (Lipinski definition) is 3. The van der Waals surface area contributed by atoms with Crippen LogP contribution in [-0.2, 0) is 16.6 Å². The fraction of sp³-hybridized carbons (Fsp3) is 0.250. The second-order valence-corrected chi connectivity index (χ2v) is 6.87. The van der Waals surface area contributed by atoms with E-state index in [4.69, 9.17) is 5.11 Å². The summed E-state index contributed by atoms with van der Waals surface area (Å²) >= 11 is 0. The maximum absolute atomic E-state index is 12.3. The van der Waals surface area contributed by atoms with Gasteiger partial charge < -0.3 is 5.11 Å². The predicted octanol–water partition coefficient (Wildman–Crippen LogP) is 3.10. The molecule has 2 aromatic carbocycles. The molecule has 112 valence electrons. The van der Waals surface area contributed by atoms with Gasteiger partial charge in [0.25, 0.3) is 10.0 Å². The normalized spacial score (nSPS) is 11.6.